The van der Waals surface area contributed by atoms with Crippen molar-refractivity contribution in [1.82, 2.24) is 15.0 Å². The lowest BCUT2D eigenvalue weighted by molar-refractivity contribution is -0.151. The lowest BCUT2D eigenvalue weighted by Gasteiger charge is -2.22. The molecule has 2 heterocycles. The molecule has 2 aromatic heterocycles. The maximum absolute atomic E-state index is 13.8. The van der Waals surface area contributed by atoms with E-state index in [0.717, 1.165) is 11.1 Å². The van der Waals surface area contributed by atoms with Gasteiger partial charge in [-0.2, -0.15) is 18.2 Å². The number of anilines is 2. The highest BCUT2D eigenvalue weighted by molar-refractivity contribution is 7.89. The largest absolute Gasteiger partial charge is 0.411 e. The Morgan fingerprint density at radius 1 is 0.974 bits per heavy atom. The molecule has 2 aromatic carbocycles. The summed E-state index contributed by atoms with van der Waals surface area (Å²) >= 11 is 0. The average Bonchev–Trinajstić information content (AvgIpc) is 3.68. The minimum atomic E-state index is -4.49. The van der Waals surface area contributed by atoms with Crippen molar-refractivity contribution in [2.45, 2.75) is 49.3 Å². The highest BCUT2D eigenvalue weighted by Crippen LogP contribution is 2.51. The number of pyridine rings is 1. The van der Waals surface area contributed by atoms with Gasteiger partial charge in [0.2, 0.25) is 16.0 Å². The van der Waals surface area contributed by atoms with Gasteiger partial charge in [0.1, 0.15) is 16.9 Å². The van der Waals surface area contributed by atoms with E-state index in [-0.39, 0.29) is 41.6 Å². The molecule has 0 unspecified atom stereocenters. The SMILES string of the molecule is CCc1cc(S(N)(=O)=O)ccc1CNc1nc(NC2(C(F)(F)F)CC2)c2nc(-c3ccc(F)cc3)ccc2n1. The van der Waals surface area contributed by atoms with Gasteiger partial charge < -0.3 is 10.6 Å². The van der Waals surface area contributed by atoms with E-state index in [9.17, 15) is 26.0 Å². The number of fused-ring (bicyclic) bond motifs is 1. The fourth-order valence-electron chi connectivity index (χ4n) is 4.25. The molecule has 0 atom stereocenters. The molecule has 0 radical (unpaired) electrons. The highest BCUT2D eigenvalue weighted by Gasteiger charge is 2.64. The number of alkyl halides is 3. The number of benzene rings is 2. The molecule has 13 heteroatoms. The van der Waals surface area contributed by atoms with Gasteiger partial charge in [-0.05, 0) is 78.9 Å². The highest BCUT2D eigenvalue weighted by atomic mass is 32.2. The van der Waals surface area contributed by atoms with Crippen LogP contribution in [0.15, 0.2) is 59.5 Å². The number of nitrogens with two attached hydrogens (primary N) is 1. The maximum atomic E-state index is 13.8. The summed E-state index contributed by atoms with van der Waals surface area (Å²) in [6.07, 6.45) is -4.17. The molecule has 5 rings (SSSR count). The summed E-state index contributed by atoms with van der Waals surface area (Å²) in [4.78, 5) is 13.3. The van der Waals surface area contributed by atoms with Gasteiger partial charge in [0.15, 0.2) is 5.82 Å². The van der Waals surface area contributed by atoms with Gasteiger partial charge in [-0.15, -0.1) is 0 Å². The summed E-state index contributed by atoms with van der Waals surface area (Å²) in [5, 5.41) is 10.8. The normalized spacial score (nSPS) is 14.8. The van der Waals surface area contributed by atoms with Crippen molar-refractivity contribution in [2.24, 2.45) is 5.14 Å². The molecule has 0 amide bonds. The topological polar surface area (TPSA) is 123 Å². The lowest BCUT2D eigenvalue weighted by Crippen LogP contribution is -2.39. The Balaban J connectivity index is 1.52. The smallest absolute Gasteiger partial charge is 0.354 e. The van der Waals surface area contributed by atoms with Crippen molar-refractivity contribution < 1.29 is 26.0 Å². The van der Waals surface area contributed by atoms with Crippen LogP contribution in [0.3, 0.4) is 0 Å². The van der Waals surface area contributed by atoms with E-state index in [1.807, 2.05) is 6.92 Å². The summed E-state index contributed by atoms with van der Waals surface area (Å²) in [5.41, 5.74) is 0.837. The van der Waals surface area contributed by atoms with Crippen LogP contribution < -0.4 is 15.8 Å². The van der Waals surface area contributed by atoms with Crippen LogP contribution in [0, 0.1) is 5.82 Å². The quantitative estimate of drug-likeness (QED) is 0.255. The van der Waals surface area contributed by atoms with E-state index in [0.29, 0.717) is 23.2 Å². The van der Waals surface area contributed by atoms with E-state index < -0.39 is 27.6 Å². The number of hydrogen-bond donors (Lipinski definition) is 3. The van der Waals surface area contributed by atoms with Crippen LogP contribution in [0.5, 0.6) is 0 Å². The van der Waals surface area contributed by atoms with E-state index >= 15 is 0 Å². The zero-order valence-corrected chi connectivity index (χ0v) is 21.5. The predicted molar refractivity (Wildman–Crippen MR) is 139 cm³/mol. The monoisotopic (exact) mass is 560 g/mol. The Hall–Kier alpha value is -3.84. The summed E-state index contributed by atoms with van der Waals surface area (Å²) in [5.74, 6) is -0.439. The molecule has 0 spiro atoms. The van der Waals surface area contributed by atoms with Gasteiger partial charge >= 0.3 is 6.18 Å². The van der Waals surface area contributed by atoms with Crippen LogP contribution in [0.25, 0.3) is 22.3 Å². The van der Waals surface area contributed by atoms with E-state index in [4.69, 9.17) is 5.14 Å². The second kappa shape index (κ2) is 9.72. The van der Waals surface area contributed by atoms with Crippen LogP contribution in [0.2, 0.25) is 0 Å². The molecule has 204 valence electrons. The van der Waals surface area contributed by atoms with Crippen molar-refractivity contribution in [2.75, 3.05) is 10.6 Å². The zero-order valence-electron chi connectivity index (χ0n) is 20.7. The average molecular weight is 561 g/mol. The fourth-order valence-corrected chi connectivity index (χ4v) is 4.81. The minimum absolute atomic E-state index is 0.0125. The Morgan fingerprint density at radius 3 is 2.31 bits per heavy atom. The third-order valence-corrected chi connectivity index (χ3v) is 7.57. The van der Waals surface area contributed by atoms with Gasteiger partial charge in [0, 0.05) is 12.1 Å². The van der Waals surface area contributed by atoms with Crippen molar-refractivity contribution in [3.63, 3.8) is 0 Å². The molecule has 39 heavy (non-hydrogen) atoms. The number of hydrogen-bond acceptors (Lipinski definition) is 7. The first kappa shape index (κ1) is 26.8. The van der Waals surface area contributed by atoms with Crippen LogP contribution in [-0.2, 0) is 23.0 Å². The molecular formula is C26H24F4N6O2S. The summed E-state index contributed by atoms with van der Waals surface area (Å²) in [6.45, 7) is 2.04. The van der Waals surface area contributed by atoms with E-state index in [1.165, 1.54) is 36.4 Å². The molecule has 1 aliphatic rings. The number of rotatable bonds is 8. The number of aromatic nitrogens is 3. The second-order valence-corrected chi connectivity index (χ2v) is 10.9. The van der Waals surface area contributed by atoms with E-state index in [1.54, 1.807) is 18.2 Å². The number of nitrogens with zero attached hydrogens (tertiary/aromatic N) is 3. The van der Waals surface area contributed by atoms with Gasteiger partial charge in [-0.25, -0.2) is 27.9 Å². The predicted octanol–water partition coefficient (Wildman–Crippen LogP) is 5.16. The van der Waals surface area contributed by atoms with Gasteiger partial charge in [0.25, 0.3) is 0 Å². The van der Waals surface area contributed by atoms with Crippen LogP contribution in [-0.4, -0.2) is 35.1 Å². The molecule has 4 aromatic rings. The third-order valence-electron chi connectivity index (χ3n) is 6.66. The van der Waals surface area contributed by atoms with Gasteiger partial charge in [-0.3, -0.25) is 0 Å². The molecular weight excluding hydrogens is 536 g/mol. The van der Waals surface area contributed by atoms with Crippen LogP contribution >= 0.6 is 0 Å². The summed E-state index contributed by atoms with van der Waals surface area (Å²) in [7, 11) is -3.87. The number of halogens is 4. The Morgan fingerprint density at radius 2 is 1.69 bits per heavy atom. The molecule has 0 saturated heterocycles. The summed E-state index contributed by atoms with van der Waals surface area (Å²) in [6, 6.07) is 13.3. The van der Waals surface area contributed by atoms with Crippen molar-refractivity contribution in [3.8, 4) is 11.3 Å². The number of sulfonamides is 1. The standard InChI is InChI=1S/C26H24F4N6O2S/c1-2-15-13-19(39(31,37)38)8-5-17(15)14-32-24-34-21-10-9-20(16-3-6-18(27)7-4-16)33-22(21)23(35-24)36-25(11-12-25)26(28,29)30/h3-10,13H,2,11-12,14H2,1H3,(H2,31,37,38)(H2,32,34,35,36). The first-order chi connectivity index (χ1) is 18.4. The molecule has 0 bridgehead atoms. The molecule has 4 N–H and O–H groups in total. The minimum Gasteiger partial charge on any atom is -0.354 e. The van der Waals surface area contributed by atoms with Gasteiger partial charge in [-0.1, -0.05) is 13.0 Å². The first-order valence-corrected chi connectivity index (χ1v) is 13.6. The van der Waals surface area contributed by atoms with Crippen LogP contribution in [0.1, 0.15) is 30.9 Å². The lowest BCUT2D eigenvalue weighted by atomic mass is 10.1. The molecule has 1 saturated carbocycles. The Kier molecular flexibility index (Phi) is 6.67. The number of primary sulfonamides is 1. The summed E-state index contributed by atoms with van der Waals surface area (Å²) < 4.78 is 78.2. The van der Waals surface area contributed by atoms with E-state index in [2.05, 4.69) is 25.6 Å². The number of aryl methyl sites for hydroxylation is 1. The Bertz CT molecular complexity index is 1660. The number of nitrogens with one attached hydrogen (secondary N) is 2. The molecule has 0 aliphatic heterocycles. The fraction of sp³-hybridized carbons (Fsp3) is 0.269. The van der Waals surface area contributed by atoms with Crippen LogP contribution in [0.4, 0.5) is 29.3 Å². The molecule has 1 aliphatic carbocycles. The molecule has 8 nitrogen and oxygen atoms in total. The second-order valence-electron chi connectivity index (χ2n) is 9.35. The van der Waals surface area contributed by atoms with Crippen molar-refractivity contribution >= 4 is 32.8 Å². The maximum Gasteiger partial charge on any atom is 0.411 e. The first-order valence-electron chi connectivity index (χ1n) is 12.1. The third kappa shape index (κ3) is 5.50. The Labute approximate surface area is 221 Å². The van der Waals surface area contributed by atoms with Crippen molar-refractivity contribution in [3.05, 3.63) is 71.5 Å². The molecule has 1 fully saturated rings. The zero-order chi connectivity index (χ0) is 28.0. The van der Waals surface area contributed by atoms with Crippen molar-refractivity contribution in [1.29, 1.82) is 0 Å². The van der Waals surface area contributed by atoms with Gasteiger partial charge in [0.05, 0.1) is 16.1 Å².